The molecule has 4 nitrogen and oxygen atoms in total. The number of hydrogen-bond acceptors (Lipinski definition) is 4. The maximum absolute atomic E-state index is 11.8. The predicted molar refractivity (Wildman–Crippen MR) is 93.3 cm³/mol. The molecule has 6 heteroatoms. The third-order valence-corrected chi connectivity index (χ3v) is 4.24. The minimum Gasteiger partial charge on any atom is -0.489 e. The Kier molecular flexibility index (Phi) is 4.60. The fraction of sp³-hybridized carbons (Fsp3) is 0.111. The number of halogens is 2. The van der Waals surface area contributed by atoms with Gasteiger partial charge >= 0.3 is 5.63 Å². The van der Waals surface area contributed by atoms with Crippen LogP contribution in [0, 0.1) is 0 Å². The van der Waals surface area contributed by atoms with Gasteiger partial charge in [-0.15, -0.1) is 0 Å². The van der Waals surface area contributed by atoms with Crippen LogP contribution in [0.25, 0.3) is 11.0 Å². The second-order valence-electron chi connectivity index (χ2n) is 5.19. The summed E-state index contributed by atoms with van der Waals surface area (Å²) in [5, 5.41) is 1.67. The molecule has 0 fully saturated rings. The van der Waals surface area contributed by atoms with E-state index in [0.717, 1.165) is 0 Å². The molecule has 0 aliphatic heterocycles. The van der Waals surface area contributed by atoms with Gasteiger partial charge in [-0.3, -0.25) is 4.79 Å². The summed E-state index contributed by atoms with van der Waals surface area (Å²) in [5.74, 6) is 0.163. The van der Waals surface area contributed by atoms with Gasteiger partial charge in [-0.2, -0.15) is 0 Å². The highest BCUT2D eigenvalue weighted by molar-refractivity contribution is 6.35. The number of rotatable bonds is 4. The third kappa shape index (κ3) is 3.30. The average molecular weight is 363 g/mol. The van der Waals surface area contributed by atoms with E-state index in [9.17, 15) is 9.59 Å². The predicted octanol–water partition coefficient (Wildman–Crippen LogP) is 4.88. The highest BCUT2D eigenvalue weighted by Crippen LogP contribution is 2.27. The standard InChI is InChI=1S/C18H12Cl2O4/c1-10(21)13-7-11-5-6-12(8-17(11)24-18(13)22)23-9-14-15(19)3-2-4-16(14)20/h2-8H,9H2,1H3. The van der Waals surface area contributed by atoms with E-state index < -0.39 is 5.63 Å². The van der Waals surface area contributed by atoms with E-state index in [-0.39, 0.29) is 18.0 Å². The molecule has 0 atom stereocenters. The molecular weight excluding hydrogens is 351 g/mol. The molecule has 0 bridgehead atoms. The van der Waals surface area contributed by atoms with Crippen molar-refractivity contribution in [3.05, 3.63) is 74.1 Å². The van der Waals surface area contributed by atoms with Crippen LogP contribution in [-0.4, -0.2) is 5.78 Å². The van der Waals surface area contributed by atoms with Crippen LogP contribution in [0.15, 0.2) is 51.7 Å². The molecule has 0 unspecified atom stereocenters. The Bertz CT molecular complexity index is 972. The van der Waals surface area contributed by atoms with E-state index in [1.54, 1.807) is 36.4 Å². The fourth-order valence-electron chi connectivity index (χ4n) is 2.25. The van der Waals surface area contributed by atoms with Gasteiger partial charge < -0.3 is 9.15 Å². The van der Waals surface area contributed by atoms with E-state index in [2.05, 4.69) is 0 Å². The highest BCUT2D eigenvalue weighted by Gasteiger charge is 2.11. The van der Waals surface area contributed by atoms with E-state index in [1.165, 1.54) is 13.0 Å². The van der Waals surface area contributed by atoms with Crippen LogP contribution in [0.3, 0.4) is 0 Å². The highest BCUT2D eigenvalue weighted by atomic mass is 35.5. The molecule has 2 aromatic carbocycles. The second-order valence-corrected chi connectivity index (χ2v) is 6.01. The van der Waals surface area contributed by atoms with E-state index in [4.69, 9.17) is 32.4 Å². The largest absolute Gasteiger partial charge is 0.489 e. The molecule has 0 aliphatic rings. The summed E-state index contributed by atoms with van der Waals surface area (Å²) >= 11 is 12.2. The second kappa shape index (κ2) is 6.67. The van der Waals surface area contributed by atoms with E-state index in [0.29, 0.717) is 32.3 Å². The topological polar surface area (TPSA) is 56.5 Å². The van der Waals surface area contributed by atoms with Crippen LogP contribution >= 0.6 is 23.2 Å². The van der Waals surface area contributed by atoms with Crippen LogP contribution in [0.5, 0.6) is 5.75 Å². The van der Waals surface area contributed by atoms with Crippen molar-refractivity contribution in [1.29, 1.82) is 0 Å². The molecule has 0 saturated carbocycles. The first kappa shape index (κ1) is 16.6. The quantitative estimate of drug-likeness (QED) is 0.490. The number of benzene rings is 2. The minimum atomic E-state index is -0.665. The summed E-state index contributed by atoms with van der Waals surface area (Å²) in [4.78, 5) is 23.2. The van der Waals surface area contributed by atoms with Gasteiger partial charge in [-0.05, 0) is 37.3 Å². The van der Waals surface area contributed by atoms with Crippen LogP contribution in [-0.2, 0) is 6.61 Å². The van der Waals surface area contributed by atoms with Crippen molar-refractivity contribution in [2.45, 2.75) is 13.5 Å². The monoisotopic (exact) mass is 362 g/mol. The molecule has 0 aliphatic carbocycles. The lowest BCUT2D eigenvalue weighted by Gasteiger charge is -2.10. The Morgan fingerprint density at radius 1 is 1.12 bits per heavy atom. The summed E-state index contributed by atoms with van der Waals surface area (Å²) in [7, 11) is 0. The molecule has 0 amide bonds. The van der Waals surface area contributed by atoms with Crippen LogP contribution in [0.1, 0.15) is 22.8 Å². The molecule has 122 valence electrons. The zero-order valence-electron chi connectivity index (χ0n) is 12.6. The summed E-state index contributed by atoms with van der Waals surface area (Å²) < 4.78 is 10.9. The van der Waals surface area contributed by atoms with E-state index in [1.807, 2.05) is 0 Å². The van der Waals surface area contributed by atoms with Gasteiger partial charge in [0.2, 0.25) is 0 Å². The van der Waals surface area contributed by atoms with E-state index >= 15 is 0 Å². The van der Waals surface area contributed by atoms with Crippen molar-refractivity contribution in [2.24, 2.45) is 0 Å². The van der Waals surface area contributed by atoms with Crippen molar-refractivity contribution in [1.82, 2.24) is 0 Å². The number of hydrogen-bond donors (Lipinski definition) is 0. The lowest BCUT2D eigenvalue weighted by Crippen LogP contribution is -2.10. The Labute approximate surface area is 147 Å². The Morgan fingerprint density at radius 3 is 2.50 bits per heavy atom. The molecule has 0 spiro atoms. The normalized spacial score (nSPS) is 10.8. The van der Waals surface area contributed by atoms with Gasteiger partial charge in [0.1, 0.15) is 23.5 Å². The Hall–Kier alpha value is -2.30. The molecule has 3 aromatic rings. The van der Waals surface area contributed by atoms with Gasteiger partial charge in [0.05, 0.1) is 0 Å². The number of ether oxygens (including phenoxy) is 1. The summed E-state index contributed by atoms with van der Waals surface area (Å²) in [6.07, 6.45) is 0. The van der Waals surface area contributed by atoms with Crippen molar-refractivity contribution in [3.63, 3.8) is 0 Å². The summed E-state index contributed by atoms with van der Waals surface area (Å²) in [5.41, 5.74) is 0.377. The molecule has 0 N–H and O–H groups in total. The van der Waals surface area contributed by atoms with Gasteiger partial charge in [-0.1, -0.05) is 29.3 Å². The zero-order chi connectivity index (χ0) is 17.3. The molecule has 3 rings (SSSR count). The number of carbonyl (C=O) groups excluding carboxylic acids is 1. The first-order valence-electron chi connectivity index (χ1n) is 7.10. The van der Waals surface area contributed by atoms with Crippen LogP contribution in [0.2, 0.25) is 10.0 Å². The van der Waals surface area contributed by atoms with Crippen LogP contribution in [0.4, 0.5) is 0 Å². The van der Waals surface area contributed by atoms with Gasteiger partial charge in [0.25, 0.3) is 0 Å². The fourth-order valence-corrected chi connectivity index (χ4v) is 2.76. The van der Waals surface area contributed by atoms with Gasteiger partial charge in [0, 0.05) is 27.1 Å². The van der Waals surface area contributed by atoms with Crippen molar-refractivity contribution < 1.29 is 13.9 Å². The third-order valence-electron chi connectivity index (χ3n) is 3.53. The lowest BCUT2D eigenvalue weighted by atomic mass is 10.1. The maximum Gasteiger partial charge on any atom is 0.347 e. The van der Waals surface area contributed by atoms with Crippen LogP contribution < -0.4 is 10.4 Å². The molecule has 0 radical (unpaired) electrons. The Balaban J connectivity index is 1.90. The zero-order valence-corrected chi connectivity index (χ0v) is 14.1. The van der Waals surface area contributed by atoms with Gasteiger partial charge in [-0.25, -0.2) is 4.79 Å². The number of Topliss-reactive ketones (excluding diaryl/α,β-unsaturated/α-hetero) is 1. The van der Waals surface area contributed by atoms with Crippen molar-refractivity contribution in [3.8, 4) is 5.75 Å². The first-order valence-corrected chi connectivity index (χ1v) is 7.86. The first-order chi connectivity index (χ1) is 11.5. The average Bonchev–Trinajstić information content (AvgIpc) is 2.53. The number of fused-ring (bicyclic) bond motifs is 1. The summed E-state index contributed by atoms with van der Waals surface area (Å²) in [6, 6.07) is 11.8. The lowest BCUT2D eigenvalue weighted by molar-refractivity contribution is 0.101. The van der Waals surface area contributed by atoms with Crippen molar-refractivity contribution >= 4 is 40.0 Å². The van der Waals surface area contributed by atoms with Gasteiger partial charge in [0.15, 0.2) is 5.78 Å². The minimum absolute atomic E-state index is 0.0269. The SMILES string of the molecule is CC(=O)c1cc2ccc(OCc3c(Cl)cccc3Cl)cc2oc1=O. The maximum atomic E-state index is 11.8. The summed E-state index contributed by atoms with van der Waals surface area (Å²) in [6.45, 7) is 1.50. The molecule has 1 aromatic heterocycles. The smallest absolute Gasteiger partial charge is 0.347 e. The number of ketones is 1. The number of carbonyl (C=O) groups is 1. The molecule has 0 saturated heterocycles. The molecule has 1 heterocycles. The van der Waals surface area contributed by atoms with Crippen molar-refractivity contribution in [2.75, 3.05) is 0 Å². The molecule has 24 heavy (non-hydrogen) atoms. The molecular formula is C18H12Cl2O4. The Morgan fingerprint density at radius 2 is 1.83 bits per heavy atom.